The van der Waals surface area contributed by atoms with Crippen LogP contribution in [0.25, 0.3) is 10.2 Å². The van der Waals surface area contributed by atoms with E-state index in [-0.39, 0.29) is 6.04 Å². The number of fused-ring (bicyclic) bond motifs is 3. The minimum absolute atomic E-state index is 0.0599. The van der Waals surface area contributed by atoms with Gasteiger partial charge in [-0.2, -0.15) is 0 Å². The number of hydrogen-bond acceptors (Lipinski definition) is 8. The third-order valence-corrected chi connectivity index (χ3v) is 7.39. The molecule has 1 aliphatic heterocycles. The first-order valence-corrected chi connectivity index (χ1v) is 11.7. The smallest absolute Gasteiger partial charge is 0.146 e. The fourth-order valence-electron chi connectivity index (χ4n) is 4.72. The van der Waals surface area contributed by atoms with Crippen LogP contribution in [0.5, 0.6) is 0 Å². The SMILES string of the molecule is Cc1noc(C)c1C(C)Nc1nc(CN2CCOCC2)nc2sc3c(c12)CCCC3. The van der Waals surface area contributed by atoms with E-state index in [4.69, 9.17) is 19.2 Å². The van der Waals surface area contributed by atoms with Crippen LogP contribution in [0.4, 0.5) is 5.82 Å². The number of nitrogens with zero attached hydrogens (tertiary/aromatic N) is 4. The number of thiophene rings is 1. The maximum absolute atomic E-state index is 5.50. The molecule has 0 bridgehead atoms. The highest BCUT2D eigenvalue weighted by atomic mass is 32.1. The molecule has 0 saturated carbocycles. The predicted octanol–water partition coefficient (Wildman–Crippen LogP) is 4.18. The van der Waals surface area contributed by atoms with Gasteiger partial charge in [0.05, 0.1) is 36.9 Å². The second-order valence-corrected chi connectivity index (χ2v) is 9.46. The first-order chi connectivity index (χ1) is 14.6. The van der Waals surface area contributed by atoms with Crippen LogP contribution in [0.2, 0.25) is 0 Å². The van der Waals surface area contributed by atoms with Gasteiger partial charge >= 0.3 is 0 Å². The van der Waals surface area contributed by atoms with E-state index >= 15 is 0 Å². The van der Waals surface area contributed by atoms with Crippen molar-refractivity contribution in [3.8, 4) is 0 Å². The van der Waals surface area contributed by atoms with Gasteiger partial charge in [0.15, 0.2) is 0 Å². The normalized spacial score (nSPS) is 18.5. The van der Waals surface area contributed by atoms with Crippen LogP contribution in [0, 0.1) is 13.8 Å². The van der Waals surface area contributed by atoms with Gasteiger partial charge in [0.25, 0.3) is 0 Å². The summed E-state index contributed by atoms with van der Waals surface area (Å²) in [4.78, 5) is 15.0. The molecule has 3 aromatic heterocycles. The topological polar surface area (TPSA) is 76.3 Å². The summed E-state index contributed by atoms with van der Waals surface area (Å²) in [5.41, 5.74) is 3.49. The fourth-order valence-corrected chi connectivity index (χ4v) is 6.00. The van der Waals surface area contributed by atoms with Crippen molar-refractivity contribution in [1.82, 2.24) is 20.0 Å². The van der Waals surface area contributed by atoms with Crippen LogP contribution in [-0.2, 0) is 24.1 Å². The Morgan fingerprint density at radius 1 is 1.13 bits per heavy atom. The van der Waals surface area contributed by atoms with Crippen LogP contribution in [0.15, 0.2) is 4.52 Å². The van der Waals surface area contributed by atoms with Gasteiger partial charge in [-0.15, -0.1) is 11.3 Å². The van der Waals surface area contributed by atoms with E-state index in [0.717, 1.165) is 79.2 Å². The van der Waals surface area contributed by atoms with Crippen LogP contribution < -0.4 is 5.32 Å². The second kappa shape index (κ2) is 8.24. The molecule has 1 atom stereocenters. The van der Waals surface area contributed by atoms with Crippen LogP contribution in [0.3, 0.4) is 0 Å². The number of aromatic nitrogens is 3. The number of aryl methyl sites for hydroxylation is 4. The summed E-state index contributed by atoms with van der Waals surface area (Å²) in [6.45, 7) is 10.3. The van der Waals surface area contributed by atoms with E-state index in [1.54, 1.807) is 0 Å². The van der Waals surface area contributed by atoms with Crippen LogP contribution in [-0.4, -0.2) is 46.3 Å². The first-order valence-electron chi connectivity index (χ1n) is 10.9. The molecule has 160 valence electrons. The number of nitrogens with one attached hydrogen (secondary N) is 1. The molecule has 1 saturated heterocycles. The largest absolute Gasteiger partial charge is 0.379 e. The summed E-state index contributed by atoms with van der Waals surface area (Å²) in [7, 11) is 0. The molecule has 0 aromatic carbocycles. The van der Waals surface area contributed by atoms with Gasteiger partial charge in [-0.25, -0.2) is 9.97 Å². The number of morpholine rings is 1. The molecule has 0 radical (unpaired) electrons. The monoisotopic (exact) mass is 427 g/mol. The summed E-state index contributed by atoms with van der Waals surface area (Å²) < 4.78 is 10.9. The highest BCUT2D eigenvalue weighted by Gasteiger charge is 2.24. The van der Waals surface area contributed by atoms with Gasteiger partial charge in [-0.05, 0) is 52.0 Å². The summed E-state index contributed by atoms with van der Waals surface area (Å²) in [6, 6.07) is 0.0599. The number of rotatable bonds is 5. The van der Waals surface area contributed by atoms with Gasteiger partial charge in [0.1, 0.15) is 22.2 Å². The molecule has 0 amide bonds. The highest BCUT2D eigenvalue weighted by molar-refractivity contribution is 7.19. The van der Waals surface area contributed by atoms with Crippen molar-refractivity contribution in [3.63, 3.8) is 0 Å². The highest BCUT2D eigenvalue weighted by Crippen LogP contribution is 2.40. The number of ether oxygens (including phenoxy) is 1. The molecule has 4 heterocycles. The molecular formula is C22H29N5O2S. The summed E-state index contributed by atoms with van der Waals surface area (Å²) in [5.74, 6) is 2.70. The molecule has 5 rings (SSSR count). The molecule has 3 aromatic rings. The van der Waals surface area contributed by atoms with E-state index in [9.17, 15) is 0 Å². The first kappa shape index (κ1) is 19.9. The van der Waals surface area contributed by atoms with E-state index in [1.165, 1.54) is 28.7 Å². The lowest BCUT2D eigenvalue weighted by Crippen LogP contribution is -2.36. The van der Waals surface area contributed by atoms with E-state index in [2.05, 4.69) is 22.3 Å². The molecule has 8 heteroatoms. The molecule has 30 heavy (non-hydrogen) atoms. The van der Waals surface area contributed by atoms with Crippen molar-refractivity contribution in [3.05, 3.63) is 33.3 Å². The van der Waals surface area contributed by atoms with Crippen molar-refractivity contribution >= 4 is 27.4 Å². The second-order valence-electron chi connectivity index (χ2n) is 8.37. The van der Waals surface area contributed by atoms with Gasteiger partial charge in [0.2, 0.25) is 0 Å². The Balaban J connectivity index is 1.54. The van der Waals surface area contributed by atoms with Crippen molar-refractivity contribution in [2.45, 2.75) is 59.0 Å². The lowest BCUT2D eigenvalue weighted by atomic mass is 9.97. The Morgan fingerprint density at radius 3 is 2.70 bits per heavy atom. The maximum atomic E-state index is 5.50. The molecule has 1 N–H and O–H groups in total. The van der Waals surface area contributed by atoms with E-state index in [0.29, 0.717) is 0 Å². The molecule has 2 aliphatic rings. The molecule has 7 nitrogen and oxygen atoms in total. The Hall–Kier alpha value is -2.03. The molecule has 1 fully saturated rings. The van der Waals surface area contributed by atoms with Gasteiger partial charge in [0, 0.05) is 23.5 Å². The Labute approximate surface area is 180 Å². The lowest BCUT2D eigenvalue weighted by molar-refractivity contribution is 0.0331. The van der Waals surface area contributed by atoms with Crippen molar-refractivity contribution in [1.29, 1.82) is 0 Å². The number of hydrogen-bond donors (Lipinski definition) is 1. The molecule has 0 spiro atoms. The van der Waals surface area contributed by atoms with Gasteiger partial charge in [-0.3, -0.25) is 4.90 Å². The summed E-state index contributed by atoms with van der Waals surface area (Å²) >= 11 is 1.86. The fraction of sp³-hybridized carbons (Fsp3) is 0.591. The average Bonchev–Trinajstić information content (AvgIpc) is 3.28. The van der Waals surface area contributed by atoms with Crippen molar-refractivity contribution in [2.24, 2.45) is 0 Å². The Kier molecular flexibility index (Phi) is 5.47. The van der Waals surface area contributed by atoms with E-state index < -0.39 is 0 Å². The lowest BCUT2D eigenvalue weighted by Gasteiger charge is -2.26. The zero-order chi connectivity index (χ0) is 20.7. The zero-order valence-corrected chi connectivity index (χ0v) is 18.8. The van der Waals surface area contributed by atoms with Gasteiger partial charge in [-0.1, -0.05) is 5.16 Å². The van der Waals surface area contributed by atoms with Crippen molar-refractivity contribution in [2.75, 3.05) is 31.6 Å². The van der Waals surface area contributed by atoms with Gasteiger partial charge < -0.3 is 14.6 Å². The zero-order valence-electron chi connectivity index (χ0n) is 18.0. The quantitative estimate of drug-likeness (QED) is 0.654. The van der Waals surface area contributed by atoms with Crippen LogP contribution in [0.1, 0.15) is 59.1 Å². The molecule has 1 aliphatic carbocycles. The minimum atomic E-state index is 0.0599. The summed E-state index contributed by atoms with van der Waals surface area (Å²) in [6.07, 6.45) is 4.79. The van der Waals surface area contributed by atoms with E-state index in [1.807, 2.05) is 25.2 Å². The molecule has 1 unspecified atom stereocenters. The minimum Gasteiger partial charge on any atom is -0.379 e. The Bertz CT molecular complexity index is 1030. The third-order valence-electron chi connectivity index (χ3n) is 6.20. The maximum Gasteiger partial charge on any atom is 0.146 e. The van der Waals surface area contributed by atoms with Crippen LogP contribution >= 0.6 is 11.3 Å². The summed E-state index contributed by atoms with van der Waals surface area (Å²) in [5, 5.41) is 9.05. The van der Waals surface area contributed by atoms with Crippen molar-refractivity contribution < 1.29 is 9.26 Å². The standard InChI is InChI=1S/C22H29N5O2S/c1-13(19-14(2)26-29-15(19)3)23-21-20-16-6-4-5-7-17(16)30-22(20)25-18(24-21)12-27-8-10-28-11-9-27/h13H,4-12H2,1-3H3,(H,23,24,25). The molecular weight excluding hydrogens is 398 g/mol. The average molecular weight is 428 g/mol. The number of anilines is 1. The third kappa shape index (κ3) is 3.72. The Morgan fingerprint density at radius 2 is 1.93 bits per heavy atom. The predicted molar refractivity (Wildman–Crippen MR) is 118 cm³/mol.